The van der Waals surface area contributed by atoms with Crippen LogP contribution >= 0.6 is 0 Å². The standard InChI is InChI=1S/C16H25N3O/c1-19(12-13-6-5-7-13)11-10-16(18,15(17)20)14-8-3-2-4-9-14/h2-4,8-9,13H,5-7,10-12,18H2,1H3,(H2,17,20). The maximum absolute atomic E-state index is 11.8. The molecule has 0 saturated heterocycles. The molecule has 0 spiro atoms. The van der Waals surface area contributed by atoms with E-state index in [9.17, 15) is 4.79 Å². The Bertz CT molecular complexity index is 444. The number of nitrogens with two attached hydrogens (primary N) is 2. The van der Waals surface area contributed by atoms with Crippen LogP contribution in [0.15, 0.2) is 30.3 Å². The number of hydrogen-bond acceptors (Lipinski definition) is 3. The lowest BCUT2D eigenvalue weighted by atomic mass is 9.84. The van der Waals surface area contributed by atoms with E-state index < -0.39 is 11.4 Å². The molecule has 1 aromatic carbocycles. The zero-order valence-electron chi connectivity index (χ0n) is 12.2. The van der Waals surface area contributed by atoms with Gasteiger partial charge in [-0.3, -0.25) is 4.79 Å². The summed E-state index contributed by atoms with van der Waals surface area (Å²) in [5.41, 5.74) is 11.6. The quantitative estimate of drug-likeness (QED) is 0.791. The first-order chi connectivity index (χ1) is 9.52. The van der Waals surface area contributed by atoms with Crippen LogP contribution in [0.25, 0.3) is 0 Å². The molecule has 1 atom stereocenters. The molecule has 4 N–H and O–H groups in total. The summed E-state index contributed by atoms with van der Waals surface area (Å²) < 4.78 is 0. The maximum Gasteiger partial charge on any atom is 0.242 e. The lowest BCUT2D eigenvalue weighted by Gasteiger charge is -2.33. The molecular formula is C16H25N3O. The van der Waals surface area contributed by atoms with Crippen molar-refractivity contribution in [1.82, 2.24) is 4.90 Å². The van der Waals surface area contributed by atoms with Gasteiger partial charge in [-0.25, -0.2) is 0 Å². The summed E-state index contributed by atoms with van der Waals surface area (Å²) in [5.74, 6) is 0.359. The van der Waals surface area contributed by atoms with Gasteiger partial charge in [0, 0.05) is 13.1 Å². The second-order valence-corrected chi connectivity index (χ2v) is 6.01. The van der Waals surface area contributed by atoms with Crippen molar-refractivity contribution in [2.75, 3.05) is 20.1 Å². The van der Waals surface area contributed by atoms with E-state index in [2.05, 4.69) is 11.9 Å². The minimum absolute atomic E-state index is 0.458. The summed E-state index contributed by atoms with van der Waals surface area (Å²) in [6.07, 6.45) is 4.55. The van der Waals surface area contributed by atoms with Gasteiger partial charge in [-0.05, 0) is 37.8 Å². The van der Waals surface area contributed by atoms with Crippen LogP contribution in [-0.4, -0.2) is 30.9 Å². The van der Waals surface area contributed by atoms with Crippen molar-refractivity contribution < 1.29 is 4.79 Å². The van der Waals surface area contributed by atoms with Crippen LogP contribution in [0.4, 0.5) is 0 Å². The third-order valence-electron chi connectivity index (χ3n) is 4.41. The largest absolute Gasteiger partial charge is 0.368 e. The lowest BCUT2D eigenvalue weighted by molar-refractivity contribution is -0.123. The third kappa shape index (κ3) is 3.38. The molecule has 1 unspecified atom stereocenters. The number of hydrogen-bond donors (Lipinski definition) is 2. The van der Waals surface area contributed by atoms with Gasteiger partial charge >= 0.3 is 0 Å². The number of primary amides is 1. The normalized spacial score (nSPS) is 18.6. The highest BCUT2D eigenvalue weighted by atomic mass is 16.1. The van der Waals surface area contributed by atoms with Crippen molar-refractivity contribution in [2.24, 2.45) is 17.4 Å². The Balaban J connectivity index is 1.96. The molecule has 4 nitrogen and oxygen atoms in total. The molecule has 1 fully saturated rings. The summed E-state index contributed by atoms with van der Waals surface area (Å²) in [4.78, 5) is 14.1. The van der Waals surface area contributed by atoms with Crippen LogP contribution in [0.5, 0.6) is 0 Å². The van der Waals surface area contributed by atoms with Crippen molar-refractivity contribution in [3.63, 3.8) is 0 Å². The van der Waals surface area contributed by atoms with E-state index in [1.165, 1.54) is 19.3 Å². The van der Waals surface area contributed by atoms with Gasteiger partial charge in [-0.2, -0.15) is 0 Å². The van der Waals surface area contributed by atoms with Crippen molar-refractivity contribution in [3.05, 3.63) is 35.9 Å². The highest BCUT2D eigenvalue weighted by Gasteiger charge is 2.34. The number of carbonyl (C=O) groups excluding carboxylic acids is 1. The van der Waals surface area contributed by atoms with Gasteiger partial charge < -0.3 is 16.4 Å². The SMILES string of the molecule is CN(CCC(N)(C(N)=O)c1ccccc1)CC1CCC1. The first-order valence-corrected chi connectivity index (χ1v) is 7.35. The van der Waals surface area contributed by atoms with Gasteiger partial charge in [0.1, 0.15) is 5.54 Å². The number of rotatable bonds is 7. The van der Waals surface area contributed by atoms with Crippen molar-refractivity contribution in [1.29, 1.82) is 0 Å². The molecule has 4 heteroatoms. The van der Waals surface area contributed by atoms with Gasteiger partial charge in [-0.1, -0.05) is 36.8 Å². The first-order valence-electron chi connectivity index (χ1n) is 7.35. The topological polar surface area (TPSA) is 72.3 Å². The van der Waals surface area contributed by atoms with Crippen molar-refractivity contribution in [3.8, 4) is 0 Å². The zero-order valence-corrected chi connectivity index (χ0v) is 12.2. The molecule has 1 amide bonds. The molecule has 110 valence electrons. The van der Waals surface area contributed by atoms with Crippen molar-refractivity contribution >= 4 is 5.91 Å². The Labute approximate surface area is 121 Å². The van der Waals surface area contributed by atoms with Crippen LogP contribution in [0.3, 0.4) is 0 Å². The summed E-state index contributed by atoms with van der Waals surface area (Å²) >= 11 is 0. The summed E-state index contributed by atoms with van der Waals surface area (Å²) in [6.45, 7) is 1.87. The van der Waals surface area contributed by atoms with Crippen LogP contribution in [0.1, 0.15) is 31.2 Å². The summed E-state index contributed by atoms with van der Waals surface area (Å²) in [6, 6.07) is 9.43. The average Bonchev–Trinajstić information content (AvgIpc) is 2.41. The number of amides is 1. The second-order valence-electron chi connectivity index (χ2n) is 6.01. The third-order valence-corrected chi connectivity index (χ3v) is 4.41. The second kappa shape index (κ2) is 6.37. The molecule has 0 bridgehead atoms. The molecule has 0 aromatic heterocycles. The average molecular weight is 275 g/mol. The van der Waals surface area contributed by atoms with Gasteiger partial charge in [-0.15, -0.1) is 0 Å². The minimum Gasteiger partial charge on any atom is -0.368 e. The van der Waals surface area contributed by atoms with Crippen molar-refractivity contribution in [2.45, 2.75) is 31.2 Å². The Kier molecular flexibility index (Phi) is 4.78. The number of carbonyl (C=O) groups is 1. The molecule has 0 heterocycles. The number of benzene rings is 1. The fourth-order valence-corrected chi connectivity index (χ4v) is 2.72. The molecule has 2 rings (SSSR count). The lowest BCUT2D eigenvalue weighted by Crippen LogP contribution is -2.51. The monoisotopic (exact) mass is 275 g/mol. The van der Waals surface area contributed by atoms with Gasteiger partial charge in [0.05, 0.1) is 0 Å². The molecule has 0 radical (unpaired) electrons. The van der Waals surface area contributed by atoms with E-state index in [1.807, 2.05) is 30.3 Å². The molecule has 1 saturated carbocycles. The number of nitrogens with zero attached hydrogens (tertiary/aromatic N) is 1. The van der Waals surface area contributed by atoms with Crippen LogP contribution in [0.2, 0.25) is 0 Å². The smallest absolute Gasteiger partial charge is 0.242 e. The summed E-state index contributed by atoms with van der Waals surface area (Å²) in [7, 11) is 2.09. The highest BCUT2D eigenvalue weighted by Crippen LogP contribution is 2.27. The molecule has 1 aliphatic carbocycles. The van der Waals surface area contributed by atoms with E-state index in [1.54, 1.807) is 0 Å². The Hall–Kier alpha value is -1.39. The van der Waals surface area contributed by atoms with E-state index in [0.29, 0.717) is 6.42 Å². The summed E-state index contributed by atoms with van der Waals surface area (Å²) in [5, 5.41) is 0. The Morgan fingerprint density at radius 2 is 2.00 bits per heavy atom. The fourth-order valence-electron chi connectivity index (χ4n) is 2.72. The predicted octanol–water partition coefficient (Wildman–Crippen LogP) is 1.45. The highest BCUT2D eigenvalue weighted by molar-refractivity contribution is 5.85. The van der Waals surface area contributed by atoms with E-state index in [4.69, 9.17) is 11.5 Å². The van der Waals surface area contributed by atoms with Gasteiger partial charge in [0.15, 0.2) is 0 Å². The van der Waals surface area contributed by atoms with E-state index in [-0.39, 0.29) is 0 Å². The van der Waals surface area contributed by atoms with E-state index in [0.717, 1.165) is 24.6 Å². The van der Waals surface area contributed by atoms with Gasteiger partial charge in [0.2, 0.25) is 5.91 Å². The van der Waals surface area contributed by atoms with Crippen LogP contribution < -0.4 is 11.5 Å². The molecule has 1 aromatic rings. The molecule has 0 aliphatic heterocycles. The molecular weight excluding hydrogens is 250 g/mol. The minimum atomic E-state index is -1.07. The van der Waals surface area contributed by atoms with Crippen LogP contribution in [-0.2, 0) is 10.3 Å². The molecule has 20 heavy (non-hydrogen) atoms. The predicted molar refractivity (Wildman–Crippen MR) is 81.0 cm³/mol. The van der Waals surface area contributed by atoms with E-state index >= 15 is 0 Å². The maximum atomic E-state index is 11.8. The fraction of sp³-hybridized carbons (Fsp3) is 0.562. The van der Waals surface area contributed by atoms with Crippen LogP contribution in [0, 0.1) is 5.92 Å². The Morgan fingerprint density at radius 3 is 2.50 bits per heavy atom. The Morgan fingerprint density at radius 1 is 1.35 bits per heavy atom. The zero-order chi connectivity index (χ0) is 14.6. The molecule has 1 aliphatic rings. The van der Waals surface area contributed by atoms with Gasteiger partial charge in [0.25, 0.3) is 0 Å². The first kappa shape index (κ1) is 15.0.